The predicted molar refractivity (Wildman–Crippen MR) is 148 cm³/mol. The Morgan fingerprint density at radius 1 is 0.722 bits per heavy atom. The highest BCUT2D eigenvalue weighted by Crippen LogP contribution is 2.30. The van der Waals surface area contributed by atoms with Gasteiger partial charge in [-0.2, -0.15) is 0 Å². The fourth-order valence-electron chi connectivity index (χ4n) is 3.72. The summed E-state index contributed by atoms with van der Waals surface area (Å²) in [5.41, 5.74) is 8.02. The van der Waals surface area contributed by atoms with Crippen molar-refractivity contribution in [1.82, 2.24) is 9.97 Å². The van der Waals surface area contributed by atoms with Gasteiger partial charge in [0.25, 0.3) is 0 Å². The van der Waals surface area contributed by atoms with Gasteiger partial charge in [-0.25, -0.2) is 4.79 Å². The van der Waals surface area contributed by atoms with Crippen LogP contribution in [0.4, 0.5) is 16.2 Å². The summed E-state index contributed by atoms with van der Waals surface area (Å²) in [4.78, 5) is 20.1. The van der Waals surface area contributed by atoms with Crippen molar-refractivity contribution in [2.45, 2.75) is 40.2 Å². The largest absolute Gasteiger partial charge is 0.444 e. The number of ether oxygens (including phenoxy) is 1. The van der Waals surface area contributed by atoms with Gasteiger partial charge in [-0.15, -0.1) is 0 Å². The lowest BCUT2D eigenvalue weighted by molar-refractivity contribution is 0.0636. The van der Waals surface area contributed by atoms with Crippen LogP contribution in [-0.4, -0.2) is 28.7 Å². The standard InChI is InChI=1S/C17H20N2O2.C13H14N2/c1-12-7-5-6-8-13(12)14-9-10-18-11-15(14)19-16(20)21-17(2,3)4;1-10-5-3-4-6-11(10)12-7-8-15-9-13(12)14-2/h5-11H,1-4H3,(H,19,20);3-9,14H,1-2H3. The Balaban J connectivity index is 0.000000212. The number of carbonyl (C=O) groups is 1. The number of nitrogens with zero attached hydrogens (tertiary/aromatic N) is 2. The first-order valence-corrected chi connectivity index (χ1v) is 11.9. The third-order valence-electron chi connectivity index (χ3n) is 5.42. The molecular weight excluding hydrogens is 448 g/mol. The number of aryl methyl sites for hydroxylation is 2. The van der Waals surface area contributed by atoms with Crippen LogP contribution in [0.2, 0.25) is 0 Å². The zero-order valence-corrected chi connectivity index (χ0v) is 21.8. The van der Waals surface area contributed by atoms with Crippen molar-refractivity contribution < 1.29 is 9.53 Å². The van der Waals surface area contributed by atoms with E-state index in [2.05, 4.69) is 51.8 Å². The van der Waals surface area contributed by atoms with E-state index < -0.39 is 11.7 Å². The molecule has 0 bridgehead atoms. The molecule has 0 spiro atoms. The molecule has 0 saturated heterocycles. The van der Waals surface area contributed by atoms with Crippen LogP contribution in [0, 0.1) is 13.8 Å². The number of carbonyl (C=O) groups excluding carboxylic acids is 1. The van der Waals surface area contributed by atoms with Crippen molar-refractivity contribution in [3.63, 3.8) is 0 Å². The van der Waals surface area contributed by atoms with Crippen molar-refractivity contribution in [2.75, 3.05) is 17.7 Å². The number of pyridine rings is 2. The van der Waals surface area contributed by atoms with E-state index in [0.717, 1.165) is 22.4 Å². The van der Waals surface area contributed by atoms with Gasteiger partial charge in [0.15, 0.2) is 0 Å². The van der Waals surface area contributed by atoms with E-state index in [9.17, 15) is 4.79 Å². The van der Waals surface area contributed by atoms with Crippen LogP contribution in [0.1, 0.15) is 31.9 Å². The number of hydrogen-bond acceptors (Lipinski definition) is 5. The second kappa shape index (κ2) is 12.0. The SMILES string of the molecule is CNc1cnccc1-c1ccccc1C.Cc1ccccc1-c1ccncc1NC(=O)OC(C)(C)C. The highest BCUT2D eigenvalue weighted by Gasteiger charge is 2.18. The Bertz CT molecular complexity index is 1310. The molecule has 186 valence electrons. The first-order chi connectivity index (χ1) is 17.2. The topological polar surface area (TPSA) is 76.1 Å². The fraction of sp³-hybridized carbons (Fsp3) is 0.233. The third-order valence-corrected chi connectivity index (χ3v) is 5.42. The van der Waals surface area contributed by atoms with E-state index in [1.807, 2.05) is 83.5 Å². The van der Waals surface area contributed by atoms with Crippen LogP contribution >= 0.6 is 0 Å². The average molecular weight is 483 g/mol. The molecule has 0 unspecified atom stereocenters. The summed E-state index contributed by atoms with van der Waals surface area (Å²) in [6.45, 7) is 9.65. The fourth-order valence-corrected chi connectivity index (χ4v) is 3.72. The second-order valence-electron chi connectivity index (χ2n) is 9.35. The number of amides is 1. The highest BCUT2D eigenvalue weighted by molar-refractivity contribution is 5.91. The maximum Gasteiger partial charge on any atom is 0.412 e. The van der Waals surface area contributed by atoms with Crippen molar-refractivity contribution >= 4 is 17.5 Å². The summed E-state index contributed by atoms with van der Waals surface area (Å²) >= 11 is 0. The number of hydrogen-bond donors (Lipinski definition) is 2. The van der Waals surface area contributed by atoms with Crippen LogP contribution < -0.4 is 10.6 Å². The smallest absolute Gasteiger partial charge is 0.412 e. The average Bonchev–Trinajstić information content (AvgIpc) is 2.84. The normalized spacial score (nSPS) is 10.6. The Kier molecular flexibility index (Phi) is 8.79. The molecule has 0 radical (unpaired) electrons. The Hall–Kier alpha value is -4.19. The quantitative estimate of drug-likeness (QED) is 0.315. The molecule has 6 nitrogen and oxygen atoms in total. The second-order valence-corrected chi connectivity index (χ2v) is 9.35. The third kappa shape index (κ3) is 7.15. The van der Waals surface area contributed by atoms with E-state index in [1.54, 1.807) is 12.4 Å². The van der Waals surface area contributed by atoms with Crippen molar-refractivity contribution in [3.05, 3.63) is 96.6 Å². The van der Waals surface area contributed by atoms with E-state index in [-0.39, 0.29) is 0 Å². The molecule has 0 fully saturated rings. The van der Waals surface area contributed by atoms with Crippen LogP contribution in [0.5, 0.6) is 0 Å². The van der Waals surface area contributed by atoms with Crippen LogP contribution in [0.3, 0.4) is 0 Å². The molecule has 2 aromatic carbocycles. The first kappa shape index (κ1) is 26.4. The van der Waals surface area contributed by atoms with Gasteiger partial charge in [-0.1, -0.05) is 48.5 Å². The summed E-state index contributed by atoms with van der Waals surface area (Å²) in [7, 11) is 1.92. The van der Waals surface area contributed by atoms with E-state index >= 15 is 0 Å². The van der Waals surface area contributed by atoms with Crippen LogP contribution in [0.25, 0.3) is 22.3 Å². The summed E-state index contributed by atoms with van der Waals surface area (Å²) in [5.74, 6) is 0. The summed E-state index contributed by atoms with van der Waals surface area (Å²) in [6.07, 6.45) is 6.53. The summed E-state index contributed by atoms with van der Waals surface area (Å²) < 4.78 is 5.28. The van der Waals surface area contributed by atoms with Gasteiger partial charge in [-0.05, 0) is 69.0 Å². The van der Waals surface area contributed by atoms with Gasteiger partial charge >= 0.3 is 6.09 Å². The lowest BCUT2D eigenvalue weighted by atomic mass is 10.0. The minimum Gasteiger partial charge on any atom is -0.444 e. The van der Waals surface area contributed by atoms with E-state index in [1.165, 1.54) is 16.7 Å². The molecule has 0 saturated carbocycles. The maximum atomic E-state index is 11.9. The minimum atomic E-state index is -0.533. The molecule has 36 heavy (non-hydrogen) atoms. The van der Waals surface area contributed by atoms with Gasteiger partial charge in [0.1, 0.15) is 5.60 Å². The monoisotopic (exact) mass is 482 g/mol. The molecular formula is C30H34N4O2. The van der Waals surface area contributed by atoms with Gasteiger partial charge in [-0.3, -0.25) is 15.3 Å². The number of rotatable bonds is 4. The molecule has 2 N–H and O–H groups in total. The zero-order chi connectivity index (χ0) is 26.1. The maximum absolute atomic E-state index is 11.9. The lowest BCUT2D eigenvalue weighted by Gasteiger charge is -2.20. The first-order valence-electron chi connectivity index (χ1n) is 11.9. The molecule has 2 aromatic heterocycles. The summed E-state index contributed by atoms with van der Waals surface area (Å²) in [5, 5.41) is 5.93. The number of aromatic nitrogens is 2. The molecule has 0 aliphatic rings. The molecule has 0 aliphatic carbocycles. The van der Waals surface area contributed by atoms with Crippen LogP contribution in [-0.2, 0) is 4.74 Å². The summed E-state index contributed by atoms with van der Waals surface area (Å²) in [6, 6.07) is 20.3. The van der Waals surface area contributed by atoms with Crippen molar-refractivity contribution in [2.24, 2.45) is 0 Å². The molecule has 4 rings (SSSR count). The lowest BCUT2D eigenvalue weighted by Crippen LogP contribution is -2.27. The Morgan fingerprint density at radius 2 is 1.19 bits per heavy atom. The number of anilines is 2. The van der Waals surface area contributed by atoms with E-state index in [0.29, 0.717) is 5.69 Å². The molecule has 4 aromatic rings. The molecule has 1 amide bonds. The Labute approximate surface area is 213 Å². The number of benzene rings is 2. The van der Waals surface area contributed by atoms with E-state index in [4.69, 9.17) is 4.74 Å². The zero-order valence-electron chi connectivity index (χ0n) is 21.8. The van der Waals surface area contributed by atoms with Crippen molar-refractivity contribution in [1.29, 1.82) is 0 Å². The van der Waals surface area contributed by atoms with Crippen molar-refractivity contribution in [3.8, 4) is 22.3 Å². The molecule has 0 aliphatic heterocycles. The number of nitrogens with one attached hydrogen (secondary N) is 2. The van der Waals surface area contributed by atoms with Gasteiger partial charge < -0.3 is 10.1 Å². The van der Waals surface area contributed by atoms with Gasteiger partial charge in [0, 0.05) is 30.6 Å². The van der Waals surface area contributed by atoms with Crippen LogP contribution in [0.15, 0.2) is 85.5 Å². The molecule has 0 atom stereocenters. The van der Waals surface area contributed by atoms with Gasteiger partial charge in [0.2, 0.25) is 0 Å². The predicted octanol–water partition coefficient (Wildman–Crippen LogP) is 7.50. The molecule has 2 heterocycles. The molecule has 6 heteroatoms. The minimum absolute atomic E-state index is 0.481. The highest BCUT2D eigenvalue weighted by atomic mass is 16.6. The Morgan fingerprint density at radius 3 is 1.67 bits per heavy atom. The van der Waals surface area contributed by atoms with Gasteiger partial charge in [0.05, 0.1) is 23.8 Å².